The molecule has 1 saturated heterocycles. The van der Waals surface area contributed by atoms with Gasteiger partial charge in [0.2, 0.25) is 0 Å². The highest BCUT2D eigenvalue weighted by molar-refractivity contribution is 4.76. The van der Waals surface area contributed by atoms with E-state index in [9.17, 15) is 0 Å². The Balaban J connectivity index is 2.15. The molecule has 0 unspecified atom stereocenters. The topological polar surface area (TPSA) is 29.4 Å². The van der Waals surface area contributed by atoms with E-state index in [-0.39, 0.29) is 0 Å². The second-order valence-corrected chi connectivity index (χ2v) is 4.24. The molecule has 0 amide bonds. The Morgan fingerprint density at radius 3 is 2.60 bits per heavy atom. The molecule has 0 aromatic carbocycles. The van der Waals surface area contributed by atoms with Gasteiger partial charge in [0.15, 0.2) is 0 Å². The molecule has 0 bridgehead atoms. The Hall–Kier alpha value is -0.120. The Morgan fingerprint density at radius 1 is 1.27 bits per heavy atom. The maximum absolute atomic E-state index is 4.41. The molecule has 0 atom stereocenters. The van der Waals surface area contributed by atoms with Crippen molar-refractivity contribution in [3.05, 3.63) is 0 Å². The van der Waals surface area contributed by atoms with Gasteiger partial charge in [0.05, 0.1) is 0 Å². The standard InChI is InChI=1S/C12H26N3/c1-3-13-8-5-11-15(4-2)12-6-9-14-10-7-12/h12-13H,3-11H2,1-2H3. The number of nitrogens with zero attached hydrogens (tertiary/aromatic N) is 2. The van der Waals surface area contributed by atoms with E-state index in [4.69, 9.17) is 0 Å². The summed E-state index contributed by atoms with van der Waals surface area (Å²) in [6, 6.07) is 0.800. The van der Waals surface area contributed by atoms with Gasteiger partial charge in [0, 0.05) is 19.1 Å². The average Bonchev–Trinajstić information content (AvgIpc) is 2.30. The smallest absolute Gasteiger partial charge is 0.0148 e. The first-order valence-corrected chi connectivity index (χ1v) is 6.46. The lowest BCUT2D eigenvalue weighted by Gasteiger charge is -2.33. The van der Waals surface area contributed by atoms with Crippen LogP contribution in [0.1, 0.15) is 33.1 Å². The summed E-state index contributed by atoms with van der Waals surface area (Å²) in [5.74, 6) is 0. The van der Waals surface area contributed by atoms with Crippen LogP contribution in [-0.4, -0.2) is 50.2 Å². The van der Waals surface area contributed by atoms with Crippen LogP contribution in [0, 0.1) is 0 Å². The van der Waals surface area contributed by atoms with Gasteiger partial charge < -0.3 is 10.2 Å². The van der Waals surface area contributed by atoms with Crippen molar-refractivity contribution < 1.29 is 0 Å². The minimum absolute atomic E-state index is 0.800. The van der Waals surface area contributed by atoms with Gasteiger partial charge >= 0.3 is 0 Å². The van der Waals surface area contributed by atoms with Gasteiger partial charge in [0.25, 0.3) is 0 Å². The quantitative estimate of drug-likeness (QED) is 0.640. The Labute approximate surface area is 94.6 Å². The van der Waals surface area contributed by atoms with Crippen LogP contribution >= 0.6 is 0 Å². The molecule has 15 heavy (non-hydrogen) atoms. The monoisotopic (exact) mass is 212 g/mol. The van der Waals surface area contributed by atoms with Gasteiger partial charge in [0.1, 0.15) is 0 Å². The third kappa shape index (κ3) is 4.96. The van der Waals surface area contributed by atoms with Crippen molar-refractivity contribution in [2.24, 2.45) is 0 Å². The Bertz CT molecular complexity index is 144. The van der Waals surface area contributed by atoms with Crippen molar-refractivity contribution in [2.45, 2.75) is 39.2 Å². The van der Waals surface area contributed by atoms with Gasteiger partial charge in [-0.25, -0.2) is 5.32 Å². The van der Waals surface area contributed by atoms with Crippen molar-refractivity contribution in [1.29, 1.82) is 0 Å². The summed E-state index contributed by atoms with van der Waals surface area (Å²) in [6.45, 7) is 11.3. The van der Waals surface area contributed by atoms with Crippen molar-refractivity contribution in [3.8, 4) is 0 Å². The fourth-order valence-electron chi connectivity index (χ4n) is 2.28. The van der Waals surface area contributed by atoms with Crippen LogP contribution in [0.4, 0.5) is 0 Å². The first-order chi connectivity index (χ1) is 7.38. The third-order valence-electron chi connectivity index (χ3n) is 3.21. The van der Waals surface area contributed by atoms with E-state index in [0.717, 1.165) is 32.2 Å². The Kier molecular flexibility index (Phi) is 6.98. The number of piperidine rings is 1. The van der Waals surface area contributed by atoms with E-state index in [1.54, 1.807) is 0 Å². The molecule has 1 rings (SSSR count). The van der Waals surface area contributed by atoms with Gasteiger partial charge in [-0.3, -0.25) is 0 Å². The second-order valence-electron chi connectivity index (χ2n) is 4.24. The van der Waals surface area contributed by atoms with Crippen LogP contribution in [0.25, 0.3) is 0 Å². The van der Waals surface area contributed by atoms with E-state index in [0.29, 0.717) is 0 Å². The summed E-state index contributed by atoms with van der Waals surface area (Å²) in [4.78, 5) is 2.63. The zero-order valence-electron chi connectivity index (χ0n) is 10.3. The fourth-order valence-corrected chi connectivity index (χ4v) is 2.28. The molecule has 1 aliphatic heterocycles. The molecule has 1 aliphatic rings. The summed E-state index contributed by atoms with van der Waals surface area (Å²) in [6.07, 6.45) is 3.82. The number of nitrogens with one attached hydrogen (secondary N) is 1. The molecule has 1 radical (unpaired) electrons. The minimum atomic E-state index is 0.800. The molecule has 0 spiro atoms. The number of rotatable bonds is 7. The van der Waals surface area contributed by atoms with Crippen LogP contribution < -0.4 is 10.6 Å². The van der Waals surface area contributed by atoms with Crippen LogP contribution in [0.15, 0.2) is 0 Å². The predicted molar refractivity (Wildman–Crippen MR) is 65.3 cm³/mol. The molecule has 89 valence electrons. The maximum Gasteiger partial charge on any atom is 0.0148 e. The third-order valence-corrected chi connectivity index (χ3v) is 3.21. The molecule has 1 fully saturated rings. The minimum Gasteiger partial charge on any atom is -0.317 e. The summed E-state index contributed by atoms with van der Waals surface area (Å²) in [5.41, 5.74) is 0. The lowest BCUT2D eigenvalue weighted by atomic mass is 10.0. The zero-order valence-corrected chi connectivity index (χ0v) is 10.3. The molecule has 3 nitrogen and oxygen atoms in total. The van der Waals surface area contributed by atoms with E-state index in [1.165, 1.54) is 32.4 Å². The van der Waals surface area contributed by atoms with E-state index in [1.807, 2.05) is 0 Å². The predicted octanol–water partition coefficient (Wildman–Crippen LogP) is 1.07. The van der Waals surface area contributed by atoms with Crippen molar-refractivity contribution in [2.75, 3.05) is 39.3 Å². The molecular formula is C12H26N3. The van der Waals surface area contributed by atoms with Gasteiger partial charge in [-0.15, -0.1) is 0 Å². The van der Waals surface area contributed by atoms with E-state index < -0.39 is 0 Å². The normalized spacial score (nSPS) is 18.6. The maximum atomic E-state index is 4.41. The van der Waals surface area contributed by atoms with E-state index in [2.05, 4.69) is 29.4 Å². The molecule has 3 heteroatoms. The first kappa shape index (κ1) is 12.9. The Morgan fingerprint density at radius 2 is 2.00 bits per heavy atom. The molecule has 1 N–H and O–H groups in total. The summed E-state index contributed by atoms with van der Waals surface area (Å²) < 4.78 is 0. The highest BCUT2D eigenvalue weighted by atomic mass is 15.2. The van der Waals surface area contributed by atoms with Crippen molar-refractivity contribution in [1.82, 2.24) is 15.5 Å². The lowest BCUT2D eigenvalue weighted by Crippen LogP contribution is -2.42. The average molecular weight is 212 g/mol. The molecule has 1 heterocycles. The zero-order chi connectivity index (χ0) is 10.9. The van der Waals surface area contributed by atoms with Crippen molar-refractivity contribution >= 4 is 0 Å². The first-order valence-electron chi connectivity index (χ1n) is 6.46. The molecule has 0 saturated carbocycles. The van der Waals surface area contributed by atoms with Crippen LogP contribution in [0.5, 0.6) is 0 Å². The van der Waals surface area contributed by atoms with Crippen molar-refractivity contribution in [3.63, 3.8) is 0 Å². The molecular weight excluding hydrogens is 186 g/mol. The van der Waals surface area contributed by atoms with E-state index >= 15 is 0 Å². The summed E-state index contributed by atoms with van der Waals surface area (Å²) in [5, 5.41) is 7.80. The highest BCUT2D eigenvalue weighted by Gasteiger charge is 2.19. The highest BCUT2D eigenvalue weighted by Crippen LogP contribution is 2.12. The molecule has 0 aromatic rings. The van der Waals surface area contributed by atoms with Crippen LogP contribution in [-0.2, 0) is 0 Å². The molecule has 0 aromatic heterocycles. The van der Waals surface area contributed by atoms with Gasteiger partial charge in [-0.05, 0) is 45.4 Å². The SMILES string of the molecule is CCNCCCN(CC)C1CC[N]CC1. The van der Waals surface area contributed by atoms with Crippen LogP contribution in [0.3, 0.4) is 0 Å². The fraction of sp³-hybridized carbons (Fsp3) is 1.00. The lowest BCUT2D eigenvalue weighted by molar-refractivity contribution is 0.167. The number of hydrogen-bond acceptors (Lipinski definition) is 2. The number of hydrogen-bond donors (Lipinski definition) is 1. The summed E-state index contributed by atoms with van der Waals surface area (Å²) in [7, 11) is 0. The van der Waals surface area contributed by atoms with Gasteiger partial charge in [-0.2, -0.15) is 0 Å². The van der Waals surface area contributed by atoms with Gasteiger partial charge in [-0.1, -0.05) is 13.8 Å². The summed E-state index contributed by atoms with van der Waals surface area (Å²) >= 11 is 0. The second kappa shape index (κ2) is 8.08. The van der Waals surface area contributed by atoms with Crippen LogP contribution in [0.2, 0.25) is 0 Å². The molecule has 0 aliphatic carbocycles. The largest absolute Gasteiger partial charge is 0.317 e.